The van der Waals surface area contributed by atoms with Crippen molar-refractivity contribution in [1.29, 1.82) is 0 Å². The van der Waals surface area contributed by atoms with Crippen LogP contribution < -0.4 is 26.2 Å². The lowest BCUT2D eigenvalue weighted by atomic mass is 9.33. The molecule has 0 unspecified atom stereocenters. The summed E-state index contributed by atoms with van der Waals surface area (Å²) in [6.45, 7) is 6.66. The summed E-state index contributed by atoms with van der Waals surface area (Å²) in [5.74, 6) is 0. The van der Waals surface area contributed by atoms with E-state index in [1.54, 1.807) is 0 Å². The second-order valence-electron chi connectivity index (χ2n) is 21.0. The van der Waals surface area contributed by atoms with E-state index in [1.165, 1.54) is 66.5 Å². The van der Waals surface area contributed by atoms with Gasteiger partial charge in [-0.05, 0) is 128 Å². The van der Waals surface area contributed by atoms with Crippen LogP contribution in [0.4, 0.5) is 34.1 Å². The first-order valence-corrected chi connectivity index (χ1v) is 27.2. The monoisotopic (exact) mass is 994 g/mol. The van der Waals surface area contributed by atoms with Crippen LogP contribution >= 0.6 is 0 Å². The fraction of sp³-hybridized carbons (Fsp3) is 0.0400. The molecule has 2 aliphatic rings. The highest BCUT2D eigenvalue weighted by molar-refractivity contribution is 7.00. The smallest absolute Gasteiger partial charge is 0.252 e. The van der Waals surface area contributed by atoms with Gasteiger partial charge in [0.05, 0.1) is 11.4 Å². The minimum absolute atomic E-state index is 0.135. The van der Waals surface area contributed by atoms with Crippen molar-refractivity contribution >= 4 is 57.2 Å². The lowest BCUT2D eigenvalue weighted by Gasteiger charge is -2.46. The summed E-state index contributed by atoms with van der Waals surface area (Å²) in [5.41, 5.74) is 30.9. The van der Waals surface area contributed by atoms with E-state index in [4.69, 9.17) is 0 Å². The number of para-hydroxylation sites is 2. The van der Waals surface area contributed by atoms with Crippen LogP contribution in [-0.2, 0) is 0 Å². The molecule has 0 atom stereocenters. The Morgan fingerprint density at radius 2 is 0.564 bits per heavy atom. The normalized spacial score (nSPS) is 12.2. The zero-order valence-electron chi connectivity index (χ0n) is 44.0. The molecule has 12 aromatic carbocycles. The predicted octanol–water partition coefficient (Wildman–Crippen LogP) is 18.4. The molecule has 0 spiro atoms. The molecule has 0 fully saturated rings. The molecule has 0 aliphatic carbocycles. The van der Waals surface area contributed by atoms with Gasteiger partial charge < -0.3 is 9.80 Å². The van der Waals surface area contributed by atoms with Crippen molar-refractivity contribution in [2.45, 2.75) is 20.8 Å². The first-order valence-electron chi connectivity index (χ1n) is 27.2. The van der Waals surface area contributed by atoms with E-state index in [1.807, 2.05) is 0 Å². The van der Waals surface area contributed by atoms with E-state index in [-0.39, 0.29) is 6.71 Å². The third kappa shape index (κ3) is 7.97. The summed E-state index contributed by atoms with van der Waals surface area (Å²) in [7, 11) is 0. The van der Waals surface area contributed by atoms with Crippen molar-refractivity contribution in [1.82, 2.24) is 0 Å². The summed E-state index contributed by atoms with van der Waals surface area (Å²) in [6, 6.07) is 104. The first-order chi connectivity index (χ1) is 38.5. The van der Waals surface area contributed by atoms with Crippen molar-refractivity contribution in [3.63, 3.8) is 0 Å². The van der Waals surface area contributed by atoms with Crippen LogP contribution in [0.5, 0.6) is 0 Å². The molecule has 0 bridgehead atoms. The molecular formula is C75H55BN2. The number of hydrogen-bond acceptors (Lipinski definition) is 2. The summed E-state index contributed by atoms with van der Waals surface area (Å²) in [4.78, 5) is 5.32. The summed E-state index contributed by atoms with van der Waals surface area (Å²) >= 11 is 0. The van der Waals surface area contributed by atoms with Gasteiger partial charge in [0.1, 0.15) is 0 Å². The third-order valence-electron chi connectivity index (χ3n) is 16.1. The van der Waals surface area contributed by atoms with Gasteiger partial charge in [-0.1, -0.05) is 260 Å². The topological polar surface area (TPSA) is 6.48 Å². The molecule has 14 rings (SSSR count). The van der Waals surface area contributed by atoms with Gasteiger partial charge in [-0.3, -0.25) is 0 Å². The van der Waals surface area contributed by atoms with Crippen molar-refractivity contribution < 1.29 is 0 Å². The average molecular weight is 995 g/mol. The molecule has 3 heteroatoms. The largest absolute Gasteiger partial charge is 0.310 e. The van der Waals surface area contributed by atoms with E-state index >= 15 is 0 Å². The highest BCUT2D eigenvalue weighted by Crippen LogP contribution is 2.54. The Morgan fingerprint density at radius 1 is 0.256 bits per heavy atom. The Balaban J connectivity index is 1.19. The average Bonchev–Trinajstić information content (AvgIpc) is 3.56. The van der Waals surface area contributed by atoms with Crippen LogP contribution in [0.3, 0.4) is 0 Å². The second-order valence-corrected chi connectivity index (χ2v) is 21.0. The molecule has 2 aliphatic heterocycles. The second kappa shape index (κ2) is 19.5. The van der Waals surface area contributed by atoms with Crippen LogP contribution in [0.2, 0.25) is 0 Å². The Morgan fingerprint density at radius 3 is 0.897 bits per heavy atom. The fourth-order valence-electron chi connectivity index (χ4n) is 12.8. The lowest BCUT2D eigenvalue weighted by Crippen LogP contribution is -2.61. The van der Waals surface area contributed by atoms with Crippen molar-refractivity contribution in [2.75, 3.05) is 9.80 Å². The van der Waals surface area contributed by atoms with Gasteiger partial charge in [0.25, 0.3) is 6.71 Å². The number of hydrogen-bond donors (Lipinski definition) is 0. The Hall–Kier alpha value is -9.70. The fourth-order valence-corrected chi connectivity index (χ4v) is 12.8. The Kier molecular flexibility index (Phi) is 11.7. The Labute approximate surface area is 458 Å². The van der Waals surface area contributed by atoms with Crippen LogP contribution in [0.25, 0.3) is 77.9 Å². The SMILES string of the molecule is Cc1cc(C)c(-c2cc3c4c(c2)N(c2c(-c5ccccc5)cccc2-c2ccccc2)c2cc(-c5ccccc5)ccc2B4c2ccc(-c4ccccc4)cc2N3c2c(-c3ccccc3)cccc2-c2ccccc2)c(C)c1. The Bertz CT molecular complexity index is 3830. The van der Waals surface area contributed by atoms with Gasteiger partial charge in [-0.15, -0.1) is 0 Å². The van der Waals surface area contributed by atoms with Crippen LogP contribution in [0.1, 0.15) is 16.7 Å². The quantitative estimate of drug-likeness (QED) is 0.133. The van der Waals surface area contributed by atoms with Crippen molar-refractivity contribution in [3.05, 3.63) is 296 Å². The molecule has 0 aromatic heterocycles. The summed E-state index contributed by atoms with van der Waals surface area (Å²) in [6.07, 6.45) is 0. The summed E-state index contributed by atoms with van der Waals surface area (Å²) in [5, 5.41) is 0. The molecule has 368 valence electrons. The number of fused-ring (bicyclic) bond motifs is 4. The molecule has 2 nitrogen and oxygen atoms in total. The van der Waals surface area contributed by atoms with Gasteiger partial charge in [-0.2, -0.15) is 0 Å². The maximum atomic E-state index is 2.66. The molecule has 78 heavy (non-hydrogen) atoms. The number of aryl methyl sites for hydroxylation is 3. The molecule has 0 saturated heterocycles. The predicted molar refractivity (Wildman–Crippen MR) is 333 cm³/mol. The molecular weight excluding hydrogens is 940 g/mol. The minimum atomic E-state index is -0.135. The molecule has 0 saturated carbocycles. The van der Waals surface area contributed by atoms with Crippen LogP contribution in [-0.4, -0.2) is 6.71 Å². The maximum absolute atomic E-state index is 2.66. The zero-order chi connectivity index (χ0) is 52.3. The van der Waals surface area contributed by atoms with Crippen LogP contribution in [0, 0.1) is 20.8 Å². The van der Waals surface area contributed by atoms with Gasteiger partial charge in [-0.25, -0.2) is 0 Å². The zero-order valence-corrected chi connectivity index (χ0v) is 44.0. The van der Waals surface area contributed by atoms with Gasteiger partial charge in [0, 0.05) is 45.0 Å². The highest BCUT2D eigenvalue weighted by Gasteiger charge is 2.45. The minimum Gasteiger partial charge on any atom is -0.310 e. The van der Waals surface area contributed by atoms with Crippen molar-refractivity contribution in [3.8, 4) is 77.9 Å². The van der Waals surface area contributed by atoms with E-state index in [9.17, 15) is 0 Å². The van der Waals surface area contributed by atoms with Crippen molar-refractivity contribution in [2.24, 2.45) is 0 Å². The number of rotatable bonds is 9. The number of anilines is 6. The molecule has 0 amide bonds. The van der Waals surface area contributed by atoms with E-state index in [0.29, 0.717) is 0 Å². The van der Waals surface area contributed by atoms with Crippen LogP contribution in [0.15, 0.2) is 279 Å². The van der Waals surface area contributed by atoms with E-state index in [0.717, 1.165) is 78.6 Å². The number of nitrogens with zero attached hydrogens (tertiary/aromatic N) is 2. The first kappa shape index (κ1) is 46.8. The molecule has 0 radical (unpaired) electrons. The van der Waals surface area contributed by atoms with E-state index in [2.05, 4.69) is 310 Å². The molecule has 0 N–H and O–H groups in total. The molecule has 2 heterocycles. The standard InChI is InChI=1S/C75H55BN2/c1-50-44-51(2)72(52(3)45-50)61-48-70-73-71(49-61)78(75-64(57-32-18-8-19-33-57)38-23-39-65(75)58-34-20-9-21-35-58)69-47-60(54-26-12-5-13-27-54)41-43-67(69)76(73)66-42-40-59(53-24-10-4-11-25-53)46-68(66)77(70)74-62(55-28-14-6-15-29-55)36-22-37-63(74)56-30-16-7-17-31-56/h4-49H,1-3H3. The highest BCUT2D eigenvalue weighted by atomic mass is 15.2. The van der Waals surface area contributed by atoms with Gasteiger partial charge >= 0.3 is 0 Å². The lowest BCUT2D eigenvalue weighted by molar-refractivity contribution is 1.25. The molecule has 12 aromatic rings. The van der Waals surface area contributed by atoms with Gasteiger partial charge in [0.15, 0.2) is 0 Å². The van der Waals surface area contributed by atoms with Gasteiger partial charge in [0.2, 0.25) is 0 Å². The summed E-state index contributed by atoms with van der Waals surface area (Å²) < 4.78 is 0. The maximum Gasteiger partial charge on any atom is 0.252 e. The number of benzene rings is 12. The van der Waals surface area contributed by atoms with E-state index < -0.39 is 0 Å². The third-order valence-corrected chi connectivity index (χ3v) is 16.1.